The Hall–Kier alpha value is -2.47. The molecule has 2 heterocycles. The molecule has 6 heteroatoms. The van der Waals surface area contributed by atoms with Gasteiger partial charge in [-0.15, -0.1) is 11.3 Å². The molecule has 1 N–H and O–H groups in total. The lowest BCUT2D eigenvalue weighted by molar-refractivity contribution is -0.114. The topological polar surface area (TPSA) is 58.1 Å². The second-order valence-electron chi connectivity index (χ2n) is 6.89. The zero-order valence-corrected chi connectivity index (χ0v) is 16.1. The molecule has 5 nitrogen and oxygen atoms in total. The molecule has 26 heavy (non-hydrogen) atoms. The summed E-state index contributed by atoms with van der Waals surface area (Å²) in [7, 11) is 1.92. The second kappa shape index (κ2) is 6.68. The maximum atomic E-state index is 12.6. The van der Waals surface area contributed by atoms with Crippen LogP contribution in [0.2, 0.25) is 0 Å². The van der Waals surface area contributed by atoms with E-state index in [-0.39, 0.29) is 12.5 Å². The van der Waals surface area contributed by atoms with Crippen LogP contribution in [0, 0.1) is 13.8 Å². The van der Waals surface area contributed by atoms with E-state index in [1.807, 2.05) is 44.0 Å². The molecule has 0 aliphatic heterocycles. The number of nitrogens with one attached hydrogen (secondary N) is 1. The highest BCUT2D eigenvalue weighted by atomic mass is 32.1. The number of nitrogens with zero attached hydrogens (tertiary/aromatic N) is 3. The summed E-state index contributed by atoms with van der Waals surface area (Å²) in [6, 6.07) is 5.95. The molecule has 3 aromatic rings. The molecule has 1 amide bonds. The molecule has 0 fully saturated rings. The van der Waals surface area contributed by atoms with E-state index >= 15 is 0 Å². The minimum atomic E-state index is -0.0418. The third-order valence-electron chi connectivity index (χ3n) is 5.10. The van der Waals surface area contributed by atoms with E-state index in [2.05, 4.69) is 15.3 Å². The number of fused-ring (bicyclic) bond motifs is 3. The van der Waals surface area contributed by atoms with Crippen LogP contribution in [0.3, 0.4) is 0 Å². The van der Waals surface area contributed by atoms with Crippen molar-refractivity contribution in [2.45, 2.75) is 33.1 Å². The first-order valence-corrected chi connectivity index (χ1v) is 9.68. The van der Waals surface area contributed by atoms with Crippen LogP contribution in [0.4, 0.5) is 11.5 Å². The number of aromatic nitrogens is 2. The first-order chi connectivity index (χ1) is 12.5. The molecule has 4 rings (SSSR count). The van der Waals surface area contributed by atoms with Gasteiger partial charge in [0.1, 0.15) is 17.0 Å². The van der Waals surface area contributed by atoms with Crippen molar-refractivity contribution >= 4 is 39.0 Å². The average molecular weight is 366 g/mol. The quantitative estimate of drug-likeness (QED) is 0.761. The summed E-state index contributed by atoms with van der Waals surface area (Å²) >= 11 is 1.76. The van der Waals surface area contributed by atoms with Crippen molar-refractivity contribution in [2.24, 2.45) is 0 Å². The maximum Gasteiger partial charge on any atom is 0.243 e. The second-order valence-corrected chi connectivity index (χ2v) is 7.97. The molecule has 1 aliphatic carbocycles. The molecule has 0 radical (unpaired) electrons. The van der Waals surface area contributed by atoms with E-state index in [1.54, 1.807) is 17.7 Å². The number of thiophene rings is 1. The van der Waals surface area contributed by atoms with Crippen LogP contribution < -0.4 is 10.2 Å². The summed E-state index contributed by atoms with van der Waals surface area (Å²) in [6.07, 6.45) is 5.01. The molecule has 0 saturated carbocycles. The van der Waals surface area contributed by atoms with Gasteiger partial charge in [0.05, 0.1) is 11.9 Å². The Balaban J connectivity index is 1.57. The lowest BCUT2D eigenvalue weighted by Gasteiger charge is -2.19. The minimum absolute atomic E-state index is 0.0418. The smallest absolute Gasteiger partial charge is 0.243 e. The molecule has 0 bridgehead atoms. The Kier molecular flexibility index (Phi) is 4.36. The van der Waals surface area contributed by atoms with Gasteiger partial charge in [-0.1, -0.05) is 12.1 Å². The van der Waals surface area contributed by atoms with Gasteiger partial charge in [0.25, 0.3) is 0 Å². The van der Waals surface area contributed by atoms with Gasteiger partial charge in [0.15, 0.2) is 0 Å². The SMILES string of the molecule is Cc1cccc(NC(=O)CN(C)c2ncnc3sc4c(c23)CCC4)c1C. The average Bonchev–Trinajstić information content (AvgIpc) is 3.19. The molecule has 0 atom stereocenters. The monoisotopic (exact) mass is 366 g/mol. The van der Waals surface area contributed by atoms with Crippen LogP contribution in [-0.2, 0) is 17.6 Å². The number of anilines is 2. The minimum Gasteiger partial charge on any atom is -0.350 e. The third kappa shape index (κ3) is 2.94. The van der Waals surface area contributed by atoms with Crippen molar-refractivity contribution in [2.75, 3.05) is 23.8 Å². The highest BCUT2D eigenvalue weighted by Gasteiger charge is 2.23. The molecular formula is C20H22N4OS. The molecule has 1 aliphatic rings. The van der Waals surface area contributed by atoms with Crippen LogP contribution in [0.25, 0.3) is 10.2 Å². The van der Waals surface area contributed by atoms with Crippen LogP contribution in [0.5, 0.6) is 0 Å². The molecular weight excluding hydrogens is 344 g/mol. The Morgan fingerprint density at radius 3 is 2.96 bits per heavy atom. The number of carbonyl (C=O) groups is 1. The zero-order chi connectivity index (χ0) is 18.3. The van der Waals surface area contributed by atoms with Gasteiger partial charge in [0, 0.05) is 17.6 Å². The fraction of sp³-hybridized carbons (Fsp3) is 0.350. The third-order valence-corrected chi connectivity index (χ3v) is 6.30. The van der Waals surface area contributed by atoms with Crippen molar-refractivity contribution in [1.29, 1.82) is 0 Å². The lowest BCUT2D eigenvalue weighted by Crippen LogP contribution is -2.31. The Bertz CT molecular complexity index is 995. The zero-order valence-electron chi connectivity index (χ0n) is 15.3. The predicted octanol–water partition coefficient (Wildman–Crippen LogP) is 3.87. The Morgan fingerprint density at radius 2 is 2.12 bits per heavy atom. The molecule has 1 aromatic carbocycles. The molecule has 0 saturated heterocycles. The van der Waals surface area contributed by atoms with Gasteiger partial charge in [-0.05, 0) is 55.9 Å². The number of hydrogen-bond donors (Lipinski definition) is 1. The molecule has 2 aromatic heterocycles. The summed E-state index contributed by atoms with van der Waals surface area (Å²) in [6.45, 7) is 4.33. The van der Waals surface area contributed by atoms with Crippen LogP contribution >= 0.6 is 11.3 Å². The van der Waals surface area contributed by atoms with E-state index in [1.165, 1.54) is 22.4 Å². The van der Waals surface area contributed by atoms with E-state index in [0.717, 1.165) is 40.1 Å². The van der Waals surface area contributed by atoms with Crippen LogP contribution in [0.15, 0.2) is 24.5 Å². The highest BCUT2D eigenvalue weighted by Crippen LogP contribution is 2.39. The van der Waals surface area contributed by atoms with Crippen molar-refractivity contribution < 1.29 is 4.79 Å². The summed E-state index contributed by atoms with van der Waals surface area (Å²) < 4.78 is 0. The number of hydrogen-bond acceptors (Lipinski definition) is 5. The maximum absolute atomic E-state index is 12.6. The fourth-order valence-corrected chi connectivity index (χ4v) is 4.79. The molecule has 134 valence electrons. The highest BCUT2D eigenvalue weighted by molar-refractivity contribution is 7.19. The number of carbonyl (C=O) groups excluding carboxylic acids is 1. The summed E-state index contributed by atoms with van der Waals surface area (Å²) in [5, 5.41) is 4.16. The largest absolute Gasteiger partial charge is 0.350 e. The number of likely N-dealkylation sites (N-methyl/N-ethyl adjacent to an activating group) is 1. The van der Waals surface area contributed by atoms with Gasteiger partial charge < -0.3 is 10.2 Å². The predicted molar refractivity (Wildman–Crippen MR) is 107 cm³/mol. The van der Waals surface area contributed by atoms with Gasteiger partial charge in [-0.3, -0.25) is 4.79 Å². The standard InChI is InChI=1S/C20H22N4OS/c1-12-6-4-8-15(13(12)2)23-17(25)10-24(3)19-18-14-7-5-9-16(14)26-20(18)22-11-21-19/h4,6,8,11H,5,7,9-10H2,1-3H3,(H,23,25). The van der Waals surface area contributed by atoms with Crippen molar-refractivity contribution in [3.05, 3.63) is 46.1 Å². The number of aryl methyl sites for hydroxylation is 3. The number of benzene rings is 1. The van der Waals surface area contributed by atoms with Gasteiger partial charge in [0.2, 0.25) is 5.91 Å². The van der Waals surface area contributed by atoms with Crippen LogP contribution in [0.1, 0.15) is 28.0 Å². The molecule has 0 unspecified atom stereocenters. The van der Waals surface area contributed by atoms with E-state index in [0.29, 0.717) is 0 Å². The first-order valence-electron chi connectivity index (χ1n) is 8.87. The van der Waals surface area contributed by atoms with Gasteiger partial charge >= 0.3 is 0 Å². The summed E-state index contributed by atoms with van der Waals surface area (Å²) in [5.74, 6) is 0.811. The van der Waals surface area contributed by atoms with E-state index in [4.69, 9.17) is 0 Å². The van der Waals surface area contributed by atoms with Crippen molar-refractivity contribution in [3.8, 4) is 0 Å². The Morgan fingerprint density at radius 1 is 1.27 bits per heavy atom. The summed E-state index contributed by atoms with van der Waals surface area (Å²) in [4.78, 5) is 25.9. The lowest BCUT2D eigenvalue weighted by atomic mass is 10.1. The van der Waals surface area contributed by atoms with Crippen LogP contribution in [-0.4, -0.2) is 29.5 Å². The number of amides is 1. The summed E-state index contributed by atoms with van der Waals surface area (Å²) in [5.41, 5.74) is 4.51. The first kappa shape index (κ1) is 17.0. The van der Waals surface area contributed by atoms with E-state index < -0.39 is 0 Å². The van der Waals surface area contributed by atoms with E-state index in [9.17, 15) is 4.79 Å². The fourth-order valence-electron chi connectivity index (χ4n) is 3.57. The van der Waals surface area contributed by atoms with Gasteiger partial charge in [-0.2, -0.15) is 0 Å². The van der Waals surface area contributed by atoms with Crippen molar-refractivity contribution in [1.82, 2.24) is 9.97 Å². The molecule has 0 spiro atoms. The van der Waals surface area contributed by atoms with Crippen molar-refractivity contribution in [3.63, 3.8) is 0 Å². The number of rotatable bonds is 4. The Labute approximate surface area is 157 Å². The van der Waals surface area contributed by atoms with Gasteiger partial charge in [-0.25, -0.2) is 9.97 Å². The normalized spacial score (nSPS) is 13.0.